The maximum absolute atomic E-state index is 12.3. The highest BCUT2D eigenvalue weighted by Gasteiger charge is 2.09. The zero-order valence-electron chi connectivity index (χ0n) is 14.2. The third kappa shape index (κ3) is 4.84. The van der Waals surface area contributed by atoms with E-state index >= 15 is 0 Å². The van der Waals surface area contributed by atoms with Crippen LogP contribution >= 0.6 is 0 Å². The Hall–Kier alpha value is -2.82. The first-order valence-electron chi connectivity index (χ1n) is 7.87. The number of carbonyl (C=O) groups is 2. The summed E-state index contributed by atoms with van der Waals surface area (Å²) in [6.07, 6.45) is 0. The second-order valence-corrected chi connectivity index (χ2v) is 5.54. The highest BCUT2D eigenvalue weighted by atomic mass is 16.5. The first-order valence-corrected chi connectivity index (χ1v) is 7.87. The molecule has 2 N–H and O–H groups in total. The van der Waals surface area contributed by atoms with E-state index in [1.54, 1.807) is 24.3 Å². The van der Waals surface area contributed by atoms with E-state index in [0.717, 1.165) is 11.1 Å². The smallest absolute Gasteiger partial charge is 0.257 e. The van der Waals surface area contributed by atoms with Gasteiger partial charge in [0.25, 0.3) is 11.8 Å². The van der Waals surface area contributed by atoms with E-state index in [1.165, 1.54) is 0 Å². The Morgan fingerprint density at radius 1 is 1.04 bits per heavy atom. The molecule has 2 rings (SSSR count). The molecule has 0 saturated carbocycles. The van der Waals surface area contributed by atoms with Gasteiger partial charge in [0.15, 0.2) is 6.61 Å². The first-order chi connectivity index (χ1) is 11.5. The van der Waals surface area contributed by atoms with Gasteiger partial charge in [-0.05, 0) is 56.7 Å². The van der Waals surface area contributed by atoms with Crippen LogP contribution in [0.5, 0.6) is 5.75 Å². The molecular weight excluding hydrogens is 304 g/mol. The molecule has 0 aromatic heterocycles. The minimum atomic E-state index is -0.162. The third-order valence-electron chi connectivity index (χ3n) is 3.48. The molecule has 0 aliphatic heterocycles. The van der Waals surface area contributed by atoms with Crippen LogP contribution in [-0.2, 0) is 4.79 Å². The number of aryl methyl sites for hydroxylation is 2. The number of amides is 2. The minimum absolute atomic E-state index is 0.0257. The van der Waals surface area contributed by atoms with Crippen molar-refractivity contribution in [1.82, 2.24) is 5.32 Å². The summed E-state index contributed by atoms with van der Waals surface area (Å²) >= 11 is 0. The van der Waals surface area contributed by atoms with Crippen LogP contribution in [-0.4, -0.2) is 25.0 Å². The van der Waals surface area contributed by atoms with Gasteiger partial charge >= 0.3 is 0 Å². The van der Waals surface area contributed by atoms with Gasteiger partial charge in [-0.3, -0.25) is 9.59 Å². The molecule has 0 spiro atoms. The first kappa shape index (κ1) is 17.5. The molecule has 0 aliphatic carbocycles. The Bertz CT molecular complexity index is 724. The fraction of sp³-hybridized carbons (Fsp3) is 0.263. The van der Waals surface area contributed by atoms with Crippen LogP contribution in [0.4, 0.5) is 5.69 Å². The van der Waals surface area contributed by atoms with Gasteiger partial charge in [-0.15, -0.1) is 0 Å². The summed E-state index contributed by atoms with van der Waals surface area (Å²) in [7, 11) is 0. The van der Waals surface area contributed by atoms with Crippen molar-refractivity contribution >= 4 is 17.5 Å². The number of benzene rings is 2. The van der Waals surface area contributed by atoms with E-state index in [2.05, 4.69) is 10.6 Å². The van der Waals surface area contributed by atoms with Crippen LogP contribution in [0.15, 0.2) is 42.5 Å². The molecule has 5 nitrogen and oxygen atoms in total. The second-order valence-electron chi connectivity index (χ2n) is 5.54. The van der Waals surface area contributed by atoms with Gasteiger partial charge in [0.2, 0.25) is 0 Å². The molecule has 5 heteroatoms. The highest BCUT2D eigenvalue weighted by Crippen LogP contribution is 2.18. The van der Waals surface area contributed by atoms with E-state index in [-0.39, 0.29) is 18.4 Å². The molecule has 0 unspecified atom stereocenters. The van der Waals surface area contributed by atoms with Crippen molar-refractivity contribution in [3.8, 4) is 5.75 Å². The fourth-order valence-corrected chi connectivity index (χ4v) is 2.30. The number of nitrogens with one attached hydrogen (secondary N) is 2. The maximum atomic E-state index is 12.3. The van der Waals surface area contributed by atoms with Crippen molar-refractivity contribution in [2.24, 2.45) is 0 Å². The summed E-state index contributed by atoms with van der Waals surface area (Å²) < 4.78 is 5.37. The van der Waals surface area contributed by atoms with Crippen molar-refractivity contribution < 1.29 is 14.3 Å². The normalized spacial score (nSPS) is 10.1. The topological polar surface area (TPSA) is 67.4 Å². The number of hydrogen-bond acceptors (Lipinski definition) is 3. The van der Waals surface area contributed by atoms with Crippen molar-refractivity contribution in [3.05, 3.63) is 59.2 Å². The molecular formula is C19H22N2O3. The lowest BCUT2D eigenvalue weighted by atomic mass is 10.1. The molecule has 24 heavy (non-hydrogen) atoms. The van der Waals surface area contributed by atoms with Crippen LogP contribution in [0.2, 0.25) is 0 Å². The standard InChI is InChI=1S/C19H22N2O3/c1-4-20-18(22)12-24-16-8-6-15(7-9-16)21-19(23)17-10-5-13(2)11-14(17)3/h5-11H,4,12H2,1-3H3,(H,20,22)(H,21,23). The summed E-state index contributed by atoms with van der Waals surface area (Å²) in [5.74, 6) is 0.263. The Morgan fingerprint density at radius 2 is 1.75 bits per heavy atom. The van der Waals surface area contributed by atoms with Gasteiger partial charge in [0.05, 0.1) is 0 Å². The molecule has 126 valence electrons. The van der Waals surface area contributed by atoms with Gasteiger partial charge in [-0.1, -0.05) is 17.7 Å². The lowest BCUT2D eigenvalue weighted by Crippen LogP contribution is -2.28. The summed E-state index contributed by atoms with van der Waals surface area (Å²) in [6, 6.07) is 12.6. The SMILES string of the molecule is CCNC(=O)COc1ccc(NC(=O)c2ccc(C)cc2C)cc1. The van der Waals surface area contributed by atoms with Gasteiger partial charge in [-0.2, -0.15) is 0 Å². The number of ether oxygens (including phenoxy) is 1. The summed E-state index contributed by atoms with van der Waals surface area (Å²) in [6.45, 7) is 6.31. The van der Waals surface area contributed by atoms with Crippen molar-refractivity contribution in [3.63, 3.8) is 0 Å². The van der Waals surface area contributed by atoms with Crippen LogP contribution in [0.1, 0.15) is 28.4 Å². The van der Waals surface area contributed by atoms with E-state index in [9.17, 15) is 9.59 Å². The molecule has 0 saturated heterocycles. The van der Waals surface area contributed by atoms with Crippen LogP contribution in [0.3, 0.4) is 0 Å². The second kappa shape index (κ2) is 8.15. The van der Waals surface area contributed by atoms with Crippen molar-refractivity contribution in [2.75, 3.05) is 18.5 Å². The summed E-state index contributed by atoms with van der Waals surface area (Å²) in [4.78, 5) is 23.7. The molecule has 0 aliphatic rings. The molecule has 0 bridgehead atoms. The van der Waals surface area contributed by atoms with E-state index in [1.807, 2.05) is 39.0 Å². The van der Waals surface area contributed by atoms with Gasteiger partial charge in [0.1, 0.15) is 5.75 Å². The average molecular weight is 326 g/mol. The zero-order chi connectivity index (χ0) is 17.5. The monoisotopic (exact) mass is 326 g/mol. The lowest BCUT2D eigenvalue weighted by molar-refractivity contribution is -0.122. The number of rotatable bonds is 6. The van der Waals surface area contributed by atoms with E-state index in [4.69, 9.17) is 4.74 Å². The molecule has 2 aromatic rings. The summed E-state index contributed by atoms with van der Waals surface area (Å²) in [5.41, 5.74) is 3.38. The quantitative estimate of drug-likeness (QED) is 0.857. The summed E-state index contributed by atoms with van der Waals surface area (Å²) in [5, 5.41) is 5.52. The molecule has 2 amide bonds. The Balaban J connectivity index is 1.96. The third-order valence-corrected chi connectivity index (χ3v) is 3.48. The van der Waals surface area contributed by atoms with Crippen LogP contribution in [0, 0.1) is 13.8 Å². The number of carbonyl (C=O) groups excluding carboxylic acids is 2. The molecule has 0 heterocycles. The Kier molecular flexibility index (Phi) is 5.95. The predicted molar refractivity (Wildman–Crippen MR) is 94.5 cm³/mol. The lowest BCUT2D eigenvalue weighted by Gasteiger charge is -2.10. The minimum Gasteiger partial charge on any atom is -0.484 e. The van der Waals surface area contributed by atoms with Crippen LogP contribution < -0.4 is 15.4 Å². The van der Waals surface area contributed by atoms with E-state index < -0.39 is 0 Å². The number of anilines is 1. The zero-order valence-corrected chi connectivity index (χ0v) is 14.2. The van der Waals surface area contributed by atoms with E-state index in [0.29, 0.717) is 23.5 Å². The van der Waals surface area contributed by atoms with Gasteiger partial charge in [-0.25, -0.2) is 0 Å². The number of likely N-dealkylation sites (N-methyl/N-ethyl adjacent to an activating group) is 1. The van der Waals surface area contributed by atoms with Crippen molar-refractivity contribution in [1.29, 1.82) is 0 Å². The molecule has 0 radical (unpaired) electrons. The molecule has 2 aromatic carbocycles. The predicted octanol–water partition coefficient (Wildman–Crippen LogP) is 3.07. The highest BCUT2D eigenvalue weighted by molar-refractivity contribution is 6.05. The van der Waals surface area contributed by atoms with Gasteiger partial charge < -0.3 is 15.4 Å². The fourth-order valence-electron chi connectivity index (χ4n) is 2.30. The van der Waals surface area contributed by atoms with Crippen LogP contribution in [0.25, 0.3) is 0 Å². The molecule has 0 atom stereocenters. The van der Waals surface area contributed by atoms with Gasteiger partial charge in [0, 0.05) is 17.8 Å². The Morgan fingerprint density at radius 3 is 2.38 bits per heavy atom. The van der Waals surface area contributed by atoms with Crippen molar-refractivity contribution in [2.45, 2.75) is 20.8 Å². The Labute approximate surface area is 142 Å². The number of hydrogen-bond donors (Lipinski definition) is 2. The average Bonchev–Trinajstić information content (AvgIpc) is 2.54. The maximum Gasteiger partial charge on any atom is 0.257 e. The molecule has 0 fully saturated rings. The largest absolute Gasteiger partial charge is 0.484 e.